The van der Waals surface area contributed by atoms with Gasteiger partial charge in [-0.25, -0.2) is 4.79 Å². The summed E-state index contributed by atoms with van der Waals surface area (Å²) in [5.74, 6) is 0. The summed E-state index contributed by atoms with van der Waals surface area (Å²) in [6.07, 6.45) is 3.59. The molecule has 6 heteroatoms. The number of carbonyl (C=O) groups is 1. The molecular formula is C9H14N2O3S. The summed E-state index contributed by atoms with van der Waals surface area (Å²) >= 11 is 4.86. The standard InChI is InChI=1S/C9H14N2O3S/c12-9(13)11-8(15)10-5-3-6-1-2-7(4-5)14-6/h5-7H,1-4H2,(H,12,13)(H2,10,11,15). The van der Waals surface area contributed by atoms with Gasteiger partial charge in [0.05, 0.1) is 12.2 Å². The molecule has 84 valence electrons. The van der Waals surface area contributed by atoms with Gasteiger partial charge in [0.25, 0.3) is 0 Å². The van der Waals surface area contributed by atoms with Gasteiger partial charge in [-0.15, -0.1) is 0 Å². The predicted molar refractivity (Wildman–Crippen MR) is 57.8 cm³/mol. The molecule has 5 nitrogen and oxygen atoms in total. The van der Waals surface area contributed by atoms with E-state index in [0.29, 0.717) is 12.2 Å². The summed E-state index contributed by atoms with van der Waals surface area (Å²) in [7, 11) is 0. The van der Waals surface area contributed by atoms with Crippen molar-refractivity contribution >= 4 is 23.4 Å². The minimum Gasteiger partial charge on any atom is -0.465 e. The molecule has 3 N–H and O–H groups in total. The molecule has 0 saturated carbocycles. The normalized spacial score (nSPS) is 33.5. The van der Waals surface area contributed by atoms with Gasteiger partial charge in [0.2, 0.25) is 0 Å². The lowest BCUT2D eigenvalue weighted by Crippen LogP contribution is -2.47. The molecule has 2 aliphatic rings. The maximum absolute atomic E-state index is 10.3. The van der Waals surface area contributed by atoms with E-state index in [-0.39, 0.29) is 11.2 Å². The summed E-state index contributed by atoms with van der Waals surface area (Å²) in [5, 5.41) is 13.8. The predicted octanol–water partition coefficient (Wildman–Crippen LogP) is 0.839. The van der Waals surface area contributed by atoms with Gasteiger partial charge in [0.1, 0.15) is 0 Å². The molecule has 2 bridgehead atoms. The van der Waals surface area contributed by atoms with Crippen molar-refractivity contribution < 1.29 is 14.6 Å². The van der Waals surface area contributed by atoms with Gasteiger partial charge < -0.3 is 15.2 Å². The summed E-state index contributed by atoms with van der Waals surface area (Å²) in [4.78, 5) is 10.3. The van der Waals surface area contributed by atoms with Crippen LogP contribution in [-0.4, -0.2) is 34.6 Å². The van der Waals surface area contributed by atoms with Crippen LogP contribution in [0.2, 0.25) is 0 Å². The number of hydrogen-bond acceptors (Lipinski definition) is 3. The van der Waals surface area contributed by atoms with Crippen LogP contribution < -0.4 is 10.6 Å². The van der Waals surface area contributed by atoms with Gasteiger partial charge in [-0.05, 0) is 37.9 Å². The van der Waals surface area contributed by atoms with Crippen LogP contribution in [0.5, 0.6) is 0 Å². The van der Waals surface area contributed by atoms with E-state index in [0.717, 1.165) is 25.7 Å². The average Bonchev–Trinajstić information content (AvgIpc) is 2.44. The van der Waals surface area contributed by atoms with E-state index in [1.54, 1.807) is 0 Å². The summed E-state index contributed by atoms with van der Waals surface area (Å²) in [6, 6.07) is 0.246. The van der Waals surface area contributed by atoms with E-state index in [9.17, 15) is 4.79 Å². The highest BCUT2D eigenvalue weighted by Gasteiger charge is 2.35. The Morgan fingerprint density at radius 3 is 2.47 bits per heavy atom. The van der Waals surface area contributed by atoms with Crippen LogP contribution in [0.3, 0.4) is 0 Å². The number of fused-ring (bicyclic) bond motifs is 2. The Balaban J connectivity index is 1.80. The Kier molecular flexibility index (Phi) is 3.06. The second kappa shape index (κ2) is 4.32. The molecule has 0 aliphatic carbocycles. The Labute approximate surface area is 93.2 Å². The van der Waals surface area contributed by atoms with E-state index in [2.05, 4.69) is 10.6 Å². The van der Waals surface area contributed by atoms with Crippen molar-refractivity contribution in [1.29, 1.82) is 0 Å². The highest BCUT2D eigenvalue weighted by Crippen LogP contribution is 2.32. The highest BCUT2D eigenvalue weighted by atomic mass is 32.1. The van der Waals surface area contributed by atoms with Crippen molar-refractivity contribution in [3.8, 4) is 0 Å². The molecule has 2 fully saturated rings. The SMILES string of the molecule is O=C(O)NC(=S)NC1CC2CCC(C1)O2. The van der Waals surface area contributed by atoms with E-state index in [1.165, 1.54) is 0 Å². The molecule has 15 heavy (non-hydrogen) atoms. The minimum atomic E-state index is -1.12. The lowest BCUT2D eigenvalue weighted by molar-refractivity contribution is -0.00554. The molecule has 2 saturated heterocycles. The van der Waals surface area contributed by atoms with Crippen LogP contribution >= 0.6 is 12.2 Å². The molecule has 1 amide bonds. The van der Waals surface area contributed by atoms with Gasteiger partial charge in [-0.1, -0.05) is 0 Å². The van der Waals surface area contributed by atoms with Crippen LogP contribution in [0.4, 0.5) is 4.79 Å². The minimum absolute atomic E-state index is 0.189. The third kappa shape index (κ3) is 2.79. The molecule has 2 rings (SSSR count). The third-order valence-electron chi connectivity index (χ3n) is 2.85. The van der Waals surface area contributed by atoms with Crippen LogP contribution in [0.1, 0.15) is 25.7 Å². The molecule has 0 aromatic heterocycles. The Morgan fingerprint density at radius 2 is 1.93 bits per heavy atom. The Morgan fingerprint density at radius 1 is 1.33 bits per heavy atom. The maximum atomic E-state index is 10.3. The second-order valence-electron chi connectivity index (χ2n) is 4.03. The van der Waals surface area contributed by atoms with Crippen molar-refractivity contribution in [2.24, 2.45) is 0 Å². The molecule has 0 aromatic rings. The number of hydrogen-bond donors (Lipinski definition) is 3. The van der Waals surface area contributed by atoms with Crippen LogP contribution in [0.25, 0.3) is 0 Å². The number of amides is 1. The first-order chi connectivity index (χ1) is 7.13. The Bertz CT molecular complexity index is 273. The summed E-state index contributed by atoms with van der Waals surface area (Å²) in [6.45, 7) is 0. The lowest BCUT2D eigenvalue weighted by atomic mass is 10.0. The third-order valence-corrected chi connectivity index (χ3v) is 3.07. The number of rotatable bonds is 1. The molecule has 0 radical (unpaired) electrons. The molecule has 2 aliphatic heterocycles. The molecule has 0 aromatic carbocycles. The fraction of sp³-hybridized carbons (Fsp3) is 0.778. The molecule has 2 unspecified atom stereocenters. The smallest absolute Gasteiger partial charge is 0.410 e. The fourth-order valence-corrected chi connectivity index (χ4v) is 2.55. The van der Waals surface area contributed by atoms with Crippen molar-refractivity contribution in [3.05, 3.63) is 0 Å². The van der Waals surface area contributed by atoms with E-state index in [4.69, 9.17) is 22.1 Å². The zero-order valence-corrected chi connectivity index (χ0v) is 9.05. The number of ether oxygens (including phenoxy) is 1. The van der Waals surface area contributed by atoms with Crippen molar-refractivity contribution in [1.82, 2.24) is 10.6 Å². The second-order valence-corrected chi connectivity index (χ2v) is 4.44. The van der Waals surface area contributed by atoms with Crippen LogP contribution in [-0.2, 0) is 4.74 Å². The Hall–Kier alpha value is -0.880. The zero-order valence-electron chi connectivity index (χ0n) is 8.23. The van der Waals surface area contributed by atoms with E-state index >= 15 is 0 Å². The van der Waals surface area contributed by atoms with Gasteiger partial charge >= 0.3 is 6.09 Å². The first-order valence-corrected chi connectivity index (χ1v) is 5.50. The van der Waals surface area contributed by atoms with Crippen molar-refractivity contribution in [2.45, 2.75) is 43.9 Å². The van der Waals surface area contributed by atoms with E-state index < -0.39 is 6.09 Å². The quantitative estimate of drug-likeness (QED) is 0.582. The highest BCUT2D eigenvalue weighted by molar-refractivity contribution is 7.80. The van der Waals surface area contributed by atoms with Crippen LogP contribution in [0.15, 0.2) is 0 Å². The molecular weight excluding hydrogens is 216 g/mol. The number of thiocarbonyl (C=S) groups is 1. The molecule has 2 atom stereocenters. The number of carboxylic acid groups (broad SMARTS) is 1. The lowest BCUT2D eigenvalue weighted by Gasteiger charge is -2.29. The van der Waals surface area contributed by atoms with E-state index in [1.807, 2.05) is 0 Å². The summed E-state index contributed by atoms with van der Waals surface area (Å²) in [5.41, 5.74) is 0. The average molecular weight is 230 g/mol. The maximum Gasteiger partial charge on any atom is 0.410 e. The molecule has 0 spiro atoms. The van der Waals surface area contributed by atoms with Crippen molar-refractivity contribution in [2.75, 3.05) is 0 Å². The van der Waals surface area contributed by atoms with Crippen LogP contribution in [0, 0.1) is 0 Å². The molecule has 2 heterocycles. The summed E-state index contributed by atoms with van der Waals surface area (Å²) < 4.78 is 5.67. The van der Waals surface area contributed by atoms with Crippen molar-refractivity contribution in [3.63, 3.8) is 0 Å². The van der Waals surface area contributed by atoms with Gasteiger partial charge in [-0.3, -0.25) is 5.32 Å². The zero-order chi connectivity index (χ0) is 10.8. The topological polar surface area (TPSA) is 70.6 Å². The van der Waals surface area contributed by atoms with Gasteiger partial charge in [-0.2, -0.15) is 0 Å². The first-order valence-electron chi connectivity index (χ1n) is 5.09. The number of nitrogens with one attached hydrogen (secondary N) is 2. The fourth-order valence-electron chi connectivity index (χ4n) is 2.29. The first kappa shape index (κ1) is 10.6. The monoisotopic (exact) mass is 230 g/mol. The largest absolute Gasteiger partial charge is 0.465 e. The van der Waals surface area contributed by atoms with Gasteiger partial charge in [0.15, 0.2) is 5.11 Å². The van der Waals surface area contributed by atoms with Gasteiger partial charge in [0, 0.05) is 6.04 Å².